The summed E-state index contributed by atoms with van der Waals surface area (Å²) in [5, 5.41) is 0. The molecular weight excluding hydrogens is 176 g/mol. The zero-order chi connectivity index (χ0) is 10.8. The molecule has 1 rings (SSSR count). The van der Waals surface area contributed by atoms with Gasteiger partial charge in [-0.2, -0.15) is 0 Å². The van der Waals surface area contributed by atoms with Crippen molar-refractivity contribution in [1.29, 1.82) is 0 Å². The van der Waals surface area contributed by atoms with Crippen LogP contribution in [0.25, 0.3) is 0 Å². The van der Waals surface area contributed by atoms with Gasteiger partial charge in [-0.1, -0.05) is 6.92 Å². The van der Waals surface area contributed by atoms with E-state index in [0.29, 0.717) is 6.54 Å². The Morgan fingerprint density at radius 3 is 2.50 bits per heavy atom. The van der Waals surface area contributed by atoms with Gasteiger partial charge in [-0.25, -0.2) is 0 Å². The molecule has 0 heterocycles. The van der Waals surface area contributed by atoms with Crippen molar-refractivity contribution < 1.29 is 4.79 Å². The maximum atomic E-state index is 12.0. The molecular formula is C11H22N2O. The molecule has 14 heavy (non-hydrogen) atoms. The van der Waals surface area contributed by atoms with Crippen molar-refractivity contribution in [3.63, 3.8) is 0 Å². The van der Waals surface area contributed by atoms with E-state index in [1.54, 1.807) is 0 Å². The van der Waals surface area contributed by atoms with Crippen molar-refractivity contribution in [1.82, 2.24) is 4.90 Å². The van der Waals surface area contributed by atoms with Crippen molar-refractivity contribution >= 4 is 5.91 Å². The van der Waals surface area contributed by atoms with Crippen molar-refractivity contribution in [2.45, 2.75) is 33.1 Å². The average Bonchev–Trinajstić information content (AvgIpc) is 2.99. The van der Waals surface area contributed by atoms with Gasteiger partial charge in [0.2, 0.25) is 5.91 Å². The third-order valence-electron chi connectivity index (χ3n) is 3.32. The van der Waals surface area contributed by atoms with E-state index in [2.05, 4.69) is 0 Å². The maximum absolute atomic E-state index is 12.0. The highest BCUT2D eigenvalue weighted by Crippen LogP contribution is 2.31. The topological polar surface area (TPSA) is 46.3 Å². The number of hydrogen-bond donors (Lipinski definition) is 1. The van der Waals surface area contributed by atoms with Crippen LogP contribution in [0.3, 0.4) is 0 Å². The minimum absolute atomic E-state index is 0.203. The van der Waals surface area contributed by atoms with Gasteiger partial charge in [-0.15, -0.1) is 0 Å². The number of hydrogen-bond acceptors (Lipinski definition) is 2. The van der Waals surface area contributed by atoms with Gasteiger partial charge in [0.1, 0.15) is 0 Å². The van der Waals surface area contributed by atoms with Gasteiger partial charge in [0.05, 0.1) is 5.41 Å². The number of nitrogens with two attached hydrogens (primary N) is 1. The van der Waals surface area contributed by atoms with Crippen LogP contribution in [0.2, 0.25) is 0 Å². The molecule has 1 saturated carbocycles. The Kier molecular flexibility index (Phi) is 3.53. The summed E-state index contributed by atoms with van der Waals surface area (Å²) in [5.74, 6) is 0.956. The van der Waals surface area contributed by atoms with Gasteiger partial charge in [-0.3, -0.25) is 4.79 Å². The quantitative estimate of drug-likeness (QED) is 0.722. The largest absolute Gasteiger partial charge is 0.345 e. The standard InChI is InChI=1S/C11H22N2O/c1-4-11(2,8-12)10(14)13(3)7-9-5-6-9/h9H,4-8,12H2,1-3H3. The Labute approximate surface area is 86.6 Å². The Balaban J connectivity index is 2.51. The molecule has 82 valence electrons. The van der Waals surface area contributed by atoms with Crippen LogP contribution in [0.15, 0.2) is 0 Å². The Morgan fingerprint density at radius 2 is 2.14 bits per heavy atom. The van der Waals surface area contributed by atoms with Crippen LogP contribution < -0.4 is 5.73 Å². The predicted molar refractivity (Wildman–Crippen MR) is 57.8 cm³/mol. The molecule has 0 saturated heterocycles. The monoisotopic (exact) mass is 198 g/mol. The normalized spacial score (nSPS) is 20.3. The molecule has 1 aliphatic rings. The predicted octanol–water partition coefficient (Wildman–Crippen LogP) is 1.23. The summed E-state index contributed by atoms with van der Waals surface area (Å²) in [6.07, 6.45) is 3.38. The van der Waals surface area contributed by atoms with E-state index in [4.69, 9.17) is 5.73 Å². The van der Waals surface area contributed by atoms with E-state index < -0.39 is 0 Å². The molecule has 0 spiro atoms. The van der Waals surface area contributed by atoms with Gasteiger partial charge >= 0.3 is 0 Å². The fourth-order valence-electron chi connectivity index (χ4n) is 1.61. The number of amides is 1. The van der Waals surface area contributed by atoms with Crippen LogP contribution in [0.1, 0.15) is 33.1 Å². The minimum Gasteiger partial charge on any atom is -0.345 e. The number of rotatable bonds is 5. The Morgan fingerprint density at radius 1 is 1.57 bits per heavy atom. The van der Waals surface area contributed by atoms with Crippen molar-refractivity contribution in [3.05, 3.63) is 0 Å². The smallest absolute Gasteiger partial charge is 0.229 e. The third kappa shape index (κ3) is 2.47. The van der Waals surface area contributed by atoms with Gasteiger partial charge in [0, 0.05) is 20.1 Å². The first-order chi connectivity index (χ1) is 6.53. The van der Waals surface area contributed by atoms with E-state index in [1.807, 2.05) is 25.8 Å². The highest BCUT2D eigenvalue weighted by Gasteiger charge is 2.34. The van der Waals surface area contributed by atoms with Crippen molar-refractivity contribution in [2.24, 2.45) is 17.1 Å². The molecule has 1 unspecified atom stereocenters. The van der Waals surface area contributed by atoms with Crippen molar-refractivity contribution in [3.8, 4) is 0 Å². The molecule has 0 radical (unpaired) electrons. The summed E-state index contributed by atoms with van der Waals surface area (Å²) in [5.41, 5.74) is 5.30. The van der Waals surface area contributed by atoms with E-state index in [0.717, 1.165) is 18.9 Å². The lowest BCUT2D eigenvalue weighted by atomic mass is 9.86. The molecule has 3 nitrogen and oxygen atoms in total. The van der Waals surface area contributed by atoms with Gasteiger partial charge in [0.25, 0.3) is 0 Å². The summed E-state index contributed by atoms with van der Waals surface area (Å²) in [6.45, 7) is 5.33. The molecule has 1 amide bonds. The lowest BCUT2D eigenvalue weighted by Gasteiger charge is -2.30. The van der Waals surface area contributed by atoms with Gasteiger partial charge in [-0.05, 0) is 32.1 Å². The average molecular weight is 198 g/mol. The van der Waals surface area contributed by atoms with E-state index in [1.165, 1.54) is 12.8 Å². The van der Waals surface area contributed by atoms with E-state index in [-0.39, 0.29) is 11.3 Å². The number of carbonyl (C=O) groups is 1. The molecule has 0 aromatic heterocycles. The lowest BCUT2D eigenvalue weighted by molar-refractivity contribution is -0.139. The van der Waals surface area contributed by atoms with Crippen LogP contribution in [0.5, 0.6) is 0 Å². The third-order valence-corrected chi connectivity index (χ3v) is 3.32. The highest BCUT2D eigenvalue weighted by atomic mass is 16.2. The molecule has 1 fully saturated rings. The summed E-state index contributed by atoms with van der Waals surface area (Å²) in [6, 6.07) is 0. The summed E-state index contributed by atoms with van der Waals surface area (Å²) in [4.78, 5) is 13.9. The first kappa shape index (κ1) is 11.5. The summed E-state index contributed by atoms with van der Waals surface area (Å²) in [7, 11) is 1.89. The van der Waals surface area contributed by atoms with E-state index >= 15 is 0 Å². The van der Waals surface area contributed by atoms with Crippen LogP contribution >= 0.6 is 0 Å². The maximum Gasteiger partial charge on any atom is 0.229 e. The fraction of sp³-hybridized carbons (Fsp3) is 0.909. The second kappa shape index (κ2) is 4.30. The van der Waals surface area contributed by atoms with Crippen LogP contribution in [0.4, 0.5) is 0 Å². The van der Waals surface area contributed by atoms with Crippen LogP contribution in [-0.2, 0) is 4.79 Å². The van der Waals surface area contributed by atoms with E-state index in [9.17, 15) is 4.79 Å². The molecule has 2 N–H and O–H groups in total. The molecule has 3 heteroatoms. The molecule has 0 aromatic rings. The summed E-state index contributed by atoms with van der Waals surface area (Å²) < 4.78 is 0. The fourth-order valence-corrected chi connectivity index (χ4v) is 1.61. The second-order valence-electron chi connectivity index (χ2n) is 4.75. The second-order valence-corrected chi connectivity index (χ2v) is 4.75. The molecule has 0 aliphatic heterocycles. The minimum atomic E-state index is -0.357. The van der Waals surface area contributed by atoms with Crippen LogP contribution in [0, 0.1) is 11.3 Å². The first-order valence-electron chi connectivity index (χ1n) is 5.49. The molecule has 1 aliphatic carbocycles. The highest BCUT2D eigenvalue weighted by molar-refractivity contribution is 5.82. The SMILES string of the molecule is CCC(C)(CN)C(=O)N(C)CC1CC1. The molecule has 0 aromatic carbocycles. The zero-order valence-corrected chi connectivity index (χ0v) is 9.55. The Bertz CT molecular complexity index is 207. The Hall–Kier alpha value is -0.570. The number of carbonyl (C=O) groups excluding carboxylic acids is 1. The molecule has 1 atom stereocenters. The lowest BCUT2D eigenvalue weighted by Crippen LogP contribution is -2.45. The van der Waals surface area contributed by atoms with Gasteiger partial charge in [0.15, 0.2) is 0 Å². The number of nitrogens with zero attached hydrogens (tertiary/aromatic N) is 1. The van der Waals surface area contributed by atoms with Gasteiger partial charge < -0.3 is 10.6 Å². The first-order valence-corrected chi connectivity index (χ1v) is 5.49. The van der Waals surface area contributed by atoms with Crippen LogP contribution in [-0.4, -0.2) is 30.9 Å². The zero-order valence-electron chi connectivity index (χ0n) is 9.55. The summed E-state index contributed by atoms with van der Waals surface area (Å²) >= 11 is 0. The van der Waals surface area contributed by atoms with Crippen molar-refractivity contribution in [2.75, 3.05) is 20.1 Å². The molecule has 0 bridgehead atoms.